The number of pyridine rings is 1. The van der Waals surface area contributed by atoms with Crippen molar-refractivity contribution < 1.29 is 19.1 Å². The molecule has 0 aliphatic carbocycles. The number of hydrogen-bond donors (Lipinski definition) is 3. The van der Waals surface area contributed by atoms with Crippen LogP contribution in [0.25, 0.3) is 10.9 Å². The number of amides is 2. The van der Waals surface area contributed by atoms with Crippen molar-refractivity contribution in [2.75, 3.05) is 13.2 Å². The van der Waals surface area contributed by atoms with E-state index in [1.165, 1.54) is 0 Å². The van der Waals surface area contributed by atoms with E-state index in [4.69, 9.17) is 4.74 Å². The second-order valence-electron chi connectivity index (χ2n) is 5.67. The van der Waals surface area contributed by atoms with Crippen LogP contribution in [0.5, 0.6) is 0 Å². The fourth-order valence-corrected chi connectivity index (χ4v) is 2.19. The first kappa shape index (κ1) is 18.2. The number of rotatable bonds is 6. The summed E-state index contributed by atoms with van der Waals surface area (Å²) in [5.41, 5.74) is 0.127. The molecule has 1 heterocycles. The van der Waals surface area contributed by atoms with Crippen LogP contribution in [0.2, 0.25) is 0 Å². The van der Waals surface area contributed by atoms with Gasteiger partial charge in [-0.25, -0.2) is 4.79 Å². The lowest BCUT2D eigenvalue weighted by Crippen LogP contribution is -2.41. The molecule has 3 N–H and O–H groups in total. The summed E-state index contributed by atoms with van der Waals surface area (Å²) in [6.07, 6.45) is 0. The Kier molecular flexibility index (Phi) is 5.89. The smallest absolute Gasteiger partial charge is 0.339 e. The average Bonchev–Trinajstić information content (AvgIpc) is 2.56. The number of ether oxygens (including phenoxy) is 1. The first-order valence-electron chi connectivity index (χ1n) is 7.72. The van der Waals surface area contributed by atoms with E-state index in [2.05, 4.69) is 15.6 Å². The van der Waals surface area contributed by atoms with Gasteiger partial charge in [0, 0.05) is 23.0 Å². The molecule has 25 heavy (non-hydrogen) atoms. The van der Waals surface area contributed by atoms with Gasteiger partial charge in [-0.1, -0.05) is 18.2 Å². The monoisotopic (exact) mass is 345 g/mol. The van der Waals surface area contributed by atoms with Crippen molar-refractivity contribution in [3.63, 3.8) is 0 Å². The van der Waals surface area contributed by atoms with E-state index < -0.39 is 24.0 Å². The highest BCUT2D eigenvalue weighted by Gasteiger charge is 2.15. The minimum atomic E-state index is -0.788. The number of hydrogen-bond acceptors (Lipinski definition) is 5. The van der Waals surface area contributed by atoms with Gasteiger partial charge in [-0.3, -0.25) is 14.4 Å². The molecule has 0 saturated carbocycles. The number of aromatic amines is 1. The van der Waals surface area contributed by atoms with E-state index in [1.54, 1.807) is 38.1 Å². The molecule has 2 amide bonds. The summed E-state index contributed by atoms with van der Waals surface area (Å²) < 4.78 is 4.93. The van der Waals surface area contributed by atoms with Gasteiger partial charge in [0.05, 0.1) is 12.1 Å². The quantitative estimate of drug-likeness (QED) is 0.652. The number of carbonyl (C=O) groups is 3. The molecule has 0 fully saturated rings. The maximum atomic E-state index is 12.2. The fourth-order valence-electron chi connectivity index (χ4n) is 2.19. The van der Waals surface area contributed by atoms with Crippen LogP contribution in [0.1, 0.15) is 24.2 Å². The molecule has 0 saturated heterocycles. The van der Waals surface area contributed by atoms with Gasteiger partial charge in [-0.2, -0.15) is 0 Å². The van der Waals surface area contributed by atoms with Gasteiger partial charge in [0.2, 0.25) is 11.5 Å². The lowest BCUT2D eigenvalue weighted by atomic mass is 10.1. The molecule has 0 unspecified atom stereocenters. The highest BCUT2D eigenvalue weighted by Crippen LogP contribution is 2.15. The Morgan fingerprint density at radius 1 is 1.16 bits per heavy atom. The Morgan fingerprint density at radius 3 is 2.60 bits per heavy atom. The highest BCUT2D eigenvalue weighted by atomic mass is 16.5. The molecule has 0 aliphatic rings. The molecule has 0 radical (unpaired) electrons. The second kappa shape index (κ2) is 8.09. The zero-order chi connectivity index (χ0) is 18.4. The lowest BCUT2D eigenvalue weighted by Gasteiger charge is -2.10. The molecule has 1 aromatic carbocycles. The zero-order valence-electron chi connectivity index (χ0n) is 13.9. The Morgan fingerprint density at radius 2 is 1.88 bits per heavy atom. The number of nitrogens with one attached hydrogen (secondary N) is 3. The van der Waals surface area contributed by atoms with Crippen LogP contribution in [0, 0.1) is 0 Å². The maximum Gasteiger partial charge on any atom is 0.339 e. The summed E-state index contributed by atoms with van der Waals surface area (Å²) >= 11 is 0. The van der Waals surface area contributed by atoms with Crippen molar-refractivity contribution in [2.24, 2.45) is 0 Å². The van der Waals surface area contributed by atoms with Gasteiger partial charge in [0.25, 0.3) is 5.91 Å². The molecular weight excluding hydrogens is 326 g/mol. The van der Waals surface area contributed by atoms with Gasteiger partial charge < -0.3 is 20.4 Å². The molecule has 2 rings (SSSR count). The normalized spacial score (nSPS) is 10.5. The summed E-state index contributed by atoms with van der Waals surface area (Å²) in [5, 5.41) is 5.48. The Bertz CT molecular complexity index is 857. The Balaban J connectivity index is 1.96. The van der Waals surface area contributed by atoms with Crippen molar-refractivity contribution in [1.29, 1.82) is 0 Å². The second-order valence-corrected chi connectivity index (χ2v) is 5.67. The predicted molar refractivity (Wildman–Crippen MR) is 91.1 cm³/mol. The lowest BCUT2D eigenvalue weighted by molar-refractivity contribution is -0.128. The van der Waals surface area contributed by atoms with Crippen LogP contribution in [0.4, 0.5) is 0 Å². The summed E-state index contributed by atoms with van der Waals surface area (Å²) in [6.45, 7) is 2.85. The molecule has 0 spiro atoms. The van der Waals surface area contributed by atoms with E-state index >= 15 is 0 Å². The van der Waals surface area contributed by atoms with E-state index in [1.807, 2.05) is 0 Å². The Labute approximate surface area is 143 Å². The number of benzene rings is 1. The molecule has 1 aromatic heterocycles. The van der Waals surface area contributed by atoms with Crippen LogP contribution >= 0.6 is 0 Å². The first-order valence-corrected chi connectivity index (χ1v) is 7.72. The van der Waals surface area contributed by atoms with Crippen molar-refractivity contribution in [2.45, 2.75) is 19.9 Å². The first-order chi connectivity index (χ1) is 11.9. The summed E-state index contributed by atoms with van der Waals surface area (Å²) in [4.78, 5) is 49.5. The van der Waals surface area contributed by atoms with E-state index in [0.717, 1.165) is 6.07 Å². The molecule has 0 bridgehead atoms. The van der Waals surface area contributed by atoms with Crippen molar-refractivity contribution in [1.82, 2.24) is 15.6 Å². The third-order valence-corrected chi connectivity index (χ3v) is 3.20. The van der Waals surface area contributed by atoms with Crippen molar-refractivity contribution in [3.05, 3.63) is 46.2 Å². The van der Waals surface area contributed by atoms with Gasteiger partial charge in [0.1, 0.15) is 0 Å². The Hall–Kier alpha value is -3.16. The molecule has 132 valence electrons. The minimum Gasteiger partial charge on any atom is -0.452 e. The van der Waals surface area contributed by atoms with Crippen LogP contribution in [0.15, 0.2) is 35.1 Å². The van der Waals surface area contributed by atoms with Gasteiger partial charge in [-0.05, 0) is 19.9 Å². The predicted octanol–water partition coefficient (Wildman–Crippen LogP) is 0.326. The third kappa shape index (κ3) is 5.17. The summed E-state index contributed by atoms with van der Waals surface area (Å²) in [5.74, 6) is -1.74. The number of para-hydroxylation sites is 1. The number of carbonyl (C=O) groups excluding carboxylic acids is 3. The van der Waals surface area contributed by atoms with Crippen LogP contribution in [0.3, 0.4) is 0 Å². The summed E-state index contributed by atoms with van der Waals surface area (Å²) in [7, 11) is 0. The van der Waals surface area contributed by atoms with Gasteiger partial charge in [-0.15, -0.1) is 0 Å². The number of esters is 1. The van der Waals surface area contributed by atoms with Crippen molar-refractivity contribution in [3.8, 4) is 0 Å². The van der Waals surface area contributed by atoms with E-state index in [9.17, 15) is 19.2 Å². The van der Waals surface area contributed by atoms with Gasteiger partial charge >= 0.3 is 5.97 Å². The van der Waals surface area contributed by atoms with Crippen LogP contribution in [-0.4, -0.2) is 42.0 Å². The number of H-pyrrole nitrogens is 1. The molecule has 8 nitrogen and oxygen atoms in total. The maximum absolute atomic E-state index is 12.2. The SMILES string of the molecule is CC(C)NC(=O)CNC(=O)COC(=O)c1cc(=O)[nH]c2ccccc12. The van der Waals surface area contributed by atoms with E-state index in [-0.39, 0.29) is 24.1 Å². The molecule has 0 aliphatic heterocycles. The molecule has 8 heteroatoms. The van der Waals surface area contributed by atoms with Crippen molar-refractivity contribution >= 4 is 28.7 Å². The van der Waals surface area contributed by atoms with E-state index in [0.29, 0.717) is 10.9 Å². The number of fused-ring (bicyclic) bond motifs is 1. The van der Waals surface area contributed by atoms with Crippen LogP contribution in [-0.2, 0) is 14.3 Å². The minimum absolute atomic E-state index is 0.0355. The summed E-state index contributed by atoms with van der Waals surface area (Å²) in [6, 6.07) is 7.86. The van der Waals surface area contributed by atoms with Gasteiger partial charge in [0.15, 0.2) is 6.61 Å². The fraction of sp³-hybridized carbons (Fsp3) is 0.294. The van der Waals surface area contributed by atoms with Crippen LogP contribution < -0.4 is 16.2 Å². The number of aromatic nitrogens is 1. The topological polar surface area (TPSA) is 117 Å². The standard InChI is InChI=1S/C17H19N3O5/c1-10(2)19-15(22)8-18-16(23)9-25-17(24)12-7-14(21)20-13-6-4-3-5-11(12)13/h3-7,10H,8-9H2,1-2H3,(H,18,23)(H,19,22)(H,20,21). The zero-order valence-corrected chi connectivity index (χ0v) is 13.9. The third-order valence-electron chi connectivity index (χ3n) is 3.20. The average molecular weight is 345 g/mol. The molecule has 2 aromatic rings. The largest absolute Gasteiger partial charge is 0.452 e. The molecule has 0 atom stereocenters. The molecular formula is C17H19N3O5. The highest BCUT2D eigenvalue weighted by molar-refractivity contribution is 6.03.